The highest BCUT2D eigenvalue weighted by molar-refractivity contribution is 5.96. The molecule has 1 heteroatoms. The van der Waals surface area contributed by atoms with E-state index >= 15 is 0 Å². The van der Waals surface area contributed by atoms with Crippen molar-refractivity contribution in [1.29, 1.82) is 0 Å². The summed E-state index contributed by atoms with van der Waals surface area (Å²) >= 11 is 0. The van der Waals surface area contributed by atoms with Crippen molar-refractivity contribution in [2.45, 2.75) is 78.6 Å². The minimum absolute atomic E-state index is 0.0113. The van der Waals surface area contributed by atoms with Gasteiger partial charge in [-0.25, -0.2) is 0 Å². The molecule has 2 rings (SSSR count). The van der Waals surface area contributed by atoms with E-state index in [1.165, 1.54) is 16.5 Å². The molecule has 0 atom stereocenters. The normalized spacial score (nSPS) is 13.6. The molecule has 0 fully saturated rings. The van der Waals surface area contributed by atoms with Crippen LogP contribution in [0.25, 0.3) is 10.8 Å². The van der Waals surface area contributed by atoms with Crippen LogP contribution in [0.15, 0.2) is 24.3 Å². The topological polar surface area (TPSA) is 20.2 Å². The molecule has 2 aromatic carbocycles. The molecule has 0 aliphatic heterocycles. The number of rotatable bonds is 0. The smallest absolute Gasteiger partial charge is 0.127 e. The standard InChI is InChI=1S/C22H32O/c1-20(2,3)15-12-10-11-14-16(21(4,5)6)13-17(22(7,8)9)19(23)18(14)15/h10-13,23H,1-9H3. The van der Waals surface area contributed by atoms with Crippen LogP contribution >= 0.6 is 0 Å². The highest BCUT2D eigenvalue weighted by Gasteiger charge is 2.28. The van der Waals surface area contributed by atoms with Crippen LogP contribution in [-0.2, 0) is 16.2 Å². The third kappa shape index (κ3) is 3.24. The van der Waals surface area contributed by atoms with E-state index in [1.807, 2.05) is 0 Å². The van der Waals surface area contributed by atoms with Gasteiger partial charge < -0.3 is 5.11 Å². The monoisotopic (exact) mass is 312 g/mol. The fourth-order valence-electron chi connectivity index (χ4n) is 3.27. The van der Waals surface area contributed by atoms with Crippen molar-refractivity contribution < 1.29 is 5.11 Å². The Balaban J connectivity index is 3.08. The van der Waals surface area contributed by atoms with E-state index < -0.39 is 0 Å². The molecular formula is C22H32O. The van der Waals surface area contributed by atoms with E-state index in [0.29, 0.717) is 5.75 Å². The summed E-state index contributed by atoms with van der Waals surface area (Å²) in [4.78, 5) is 0. The van der Waals surface area contributed by atoms with Crippen molar-refractivity contribution >= 4 is 10.8 Å². The van der Waals surface area contributed by atoms with Gasteiger partial charge in [0.1, 0.15) is 5.75 Å². The molecule has 1 nitrogen and oxygen atoms in total. The molecule has 0 amide bonds. The first-order chi connectivity index (χ1) is 10.2. The highest BCUT2D eigenvalue weighted by atomic mass is 16.3. The Bertz CT molecular complexity index is 732. The molecule has 0 heterocycles. The second-order valence-electron chi connectivity index (χ2n) is 9.80. The Labute approximate surface area is 141 Å². The fourth-order valence-corrected chi connectivity index (χ4v) is 3.27. The largest absolute Gasteiger partial charge is 0.507 e. The van der Waals surface area contributed by atoms with Crippen molar-refractivity contribution in [2.75, 3.05) is 0 Å². The number of hydrogen-bond donors (Lipinski definition) is 1. The minimum Gasteiger partial charge on any atom is -0.507 e. The van der Waals surface area contributed by atoms with Crippen LogP contribution in [-0.4, -0.2) is 5.11 Å². The molecule has 0 saturated heterocycles. The maximum Gasteiger partial charge on any atom is 0.127 e. The number of phenols is 1. The van der Waals surface area contributed by atoms with Crippen LogP contribution in [0, 0.1) is 0 Å². The lowest BCUT2D eigenvalue weighted by Crippen LogP contribution is -2.19. The van der Waals surface area contributed by atoms with Crippen LogP contribution in [0.1, 0.15) is 79.0 Å². The van der Waals surface area contributed by atoms with Gasteiger partial charge in [0, 0.05) is 10.9 Å². The van der Waals surface area contributed by atoms with Gasteiger partial charge in [-0.2, -0.15) is 0 Å². The molecule has 126 valence electrons. The molecule has 23 heavy (non-hydrogen) atoms. The lowest BCUT2D eigenvalue weighted by Gasteiger charge is -2.30. The first kappa shape index (κ1) is 17.8. The summed E-state index contributed by atoms with van der Waals surface area (Å²) in [6.45, 7) is 19.9. The zero-order valence-corrected chi connectivity index (χ0v) is 16.3. The number of aromatic hydroxyl groups is 1. The lowest BCUT2D eigenvalue weighted by atomic mass is 9.74. The second-order valence-corrected chi connectivity index (χ2v) is 9.80. The summed E-state index contributed by atoms with van der Waals surface area (Å²) < 4.78 is 0. The molecule has 2 aromatic rings. The summed E-state index contributed by atoms with van der Waals surface area (Å²) in [5.41, 5.74) is 3.48. The first-order valence-corrected chi connectivity index (χ1v) is 8.54. The average molecular weight is 312 g/mol. The van der Waals surface area contributed by atoms with Gasteiger partial charge in [0.2, 0.25) is 0 Å². The second kappa shape index (κ2) is 5.26. The van der Waals surface area contributed by atoms with E-state index in [1.54, 1.807) is 0 Å². The van der Waals surface area contributed by atoms with Crippen molar-refractivity contribution in [2.24, 2.45) is 0 Å². The van der Waals surface area contributed by atoms with E-state index in [2.05, 4.69) is 86.6 Å². The molecule has 1 N–H and O–H groups in total. The van der Waals surface area contributed by atoms with E-state index in [4.69, 9.17) is 0 Å². The maximum atomic E-state index is 11.1. The quantitative estimate of drug-likeness (QED) is 0.593. The van der Waals surface area contributed by atoms with E-state index in [9.17, 15) is 5.11 Å². The van der Waals surface area contributed by atoms with Crippen LogP contribution in [0.2, 0.25) is 0 Å². The SMILES string of the molecule is CC(C)(C)c1cc(C(C)(C)C)c2cccc(C(C)(C)C)c2c1O. The Kier molecular flexibility index (Phi) is 4.08. The first-order valence-electron chi connectivity index (χ1n) is 8.54. The van der Waals surface area contributed by atoms with Crippen LogP contribution < -0.4 is 0 Å². The van der Waals surface area contributed by atoms with Gasteiger partial charge in [-0.15, -0.1) is 0 Å². The van der Waals surface area contributed by atoms with Crippen molar-refractivity contribution in [3.63, 3.8) is 0 Å². The van der Waals surface area contributed by atoms with Crippen molar-refractivity contribution in [3.8, 4) is 5.75 Å². The summed E-state index contributed by atoms with van der Waals surface area (Å²) in [6.07, 6.45) is 0. The Morgan fingerprint density at radius 2 is 1.13 bits per heavy atom. The average Bonchev–Trinajstić information content (AvgIpc) is 2.34. The number of fused-ring (bicyclic) bond motifs is 1. The van der Waals surface area contributed by atoms with E-state index in [-0.39, 0.29) is 16.2 Å². The van der Waals surface area contributed by atoms with Gasteiger partial charge >= 0.3 is 0 Å². The maximum absolute atomic E-state index is 11.1. The van der Waals surface area contributed by atoms with Crippen molar-refractivity contribution in [3.05, 3.63) is 41.0 Å². The lowest BCUT2D eigenvalue weighted by molar-refractivity contribution is 0.449. The predicted molar refractivity (Wildman–Crippen MR) is 102 cm³/mol. The number of phenolic OH excluding ortho intramolecular Hbond substituents is 1. The fraction of sp³-hybridized carbons (Fsp3) is 0.545. The molecule has 0 spiro atoms. The molecule has 0 bridgehead atoms. The van der Waals surface area contributed by atoms with Gasteiger partial charge in [0.05, 0.1) is 0 Å². The summed E-state index contributed by atoms with van der Waals surface area (Å²) in [5, 5.41) is 13.3. The third-order valence-electron chi connectivity index (χ3n) is 4.56. The van der Waals surface area contributed by atoms with Gasteiger partial charge in [0.25, 0.3) is 0 Å². The van der Waals surface area contributed by atoms with Gasteiger partial charge in [-0.05, 0) is 32.8 Å². The van der Waals surface area contributed by atoms with Crippen LogP contribution in [0.4, 0.5) is 0 Å². The Hall–Kier alpha value is -1.50. The highest BCUT2D eigenvalue weighted by Crippen LogP contribution is 2.45. The van der Waals surface area contributed by atoms with Gasteiger partial charge in [-0.1, -0.05) is 86.6 Å². The van der Waals surface area contributed by atoms with Gasteiger partial charge in [0.15, 0.2) is 0 Å². The molecule has 0 saturated carbocycles. The summed E-state index contributed by atoms with van der Waals surface area (Å²) in [5.74, 6) is 0.450. The van der Waals surface area contributed by atoms with Crippen molar-refractivity contribution in [1.82, 2.24) is 0 Å². The van der Waals surface area contributed by atoms with Gasteiger partial charge in [-0.3, -0.25) is 0 Å². The summed E-state index contributed by atoms with van der Waals surface area (Å²) in [7, 11) is 0. The zero-order chi connectivity index (χ0) is 17.8. The molecule has 0 unspecified atom stereocenters. The Morgan fingerprint density at radius 3 is 1.57 bits per heavy atom. The predicted octanol–water partition coefficient (Wildman–Crippen LogP) is 6.44. The van der Waals surface area contributed by atoms with Crippen LogP contribution in [0.3, 0.4) is 0 Å². The Morgan fingerprint density at radius 1 is 0.652 bits per heavy atom. The molecular weight excluding hydrogens is 280 g/mol. The molecule has 0 aromatic heterocycles. The minimum atomic E-state index is -0.0940. The third-order valence-corrected chi connectivity index (χ3v) is 4.56. The van der Waals surface area contributed by atoms with Crippen LogP contribution in [0.5, 0.6) is 5.75 Å². The zero-order valence-electron chi connectivity index (χ0n) is 16.3. The summed E-state index contributed by atoms with van der Waals surface area (Å²) in [6, 6.07) is 8.64. The molecule has 0 aliphatic carbocycles. The number of benzene rings is 2. The molecule has 0 radical (unpaired) electrons. The van der Waals surface area contributed by atoms with E-state index in [0.717, 1.165) is 10.9 Å². The molecule has 0 aliphatic rings. The number of hydrogen-bond acceptors (Lipinski definition) is 1.